The first kappa shape index (κ1) is 23.3. The van der Waals surface area contributed by atoms with Crippen LogP contribution in [0.15, 0.2) is 42.5 Å². The minimum absolute atomic E-state index is 0.200. The van der Waals surface area contributed by atoms with Crippen molar-refractivity contribution in [2.45, 2.75) is 59.4 Å². The standard InChI is InChI=1S/C27H37NO3/c1-4-6-22(16-24-9-8-20(2)21(3)15-24)7-5-14-31-26-12-10-23(11-13-26)17-28-18-25(19-28)27(29)30/h8-13,15,22,25H,4-7,14,16-19H2,1-3H3,(H,29,30). The summed E-state index contributed by atoms with van der Waals surface area (Å²) in [5, 5.41) is 8.97. The van der Waals surface area contributed by atoms with Gasteiger partial charge in [-0.25, -0.2) is 0 Å². The quantitative estimate of drug-likeness (QED) is 0.449. The number of nitrogens with zero attached hydrogens (tertiary/aromatic N) is 1. The van der Waals surface area contributed by atoms with Crippen molar-refractivity contribution in [3.8, 4) is 5.75 Å². The van der Waals surface area contributed by atoms with Crippen LogP contribution in [-0.4, -0.2) is 35.7 Å². The minimum Gasteiger partial charge on any atom is -0.494 e. The van der Waals surface area contributed by atoms with E-state index in [9.17, 15) is 4.79 Å². The number of ether oxygens (including phenoxy) is 1. The van der Waals surface area contributed by atoms with E-state index in [-0.39, 0.29) is 5.92 Å². The zero-order chi connectivity index (χ0) is 22.2. The van der Waals surface area contributed by atoms with Crippen LogP contribution in [0.1, 0.15) is 54.9 Å². The fraction of sp³-hybridized carbons (Fsp3) is 0.519. The van der Waals surface area contributed by atoms with E-state index in [0.717, 1.165) is 31.7 Å². The third kappa shape index (κ3) is 7.10. The van der Waals surface area contributed by atoms with Crippen molar-refractivity contribution in [1.29, 1.82) is 0 Å². The van der Waals surface area contributed by atoms with Crippen molar-refractivity contribution in [2.75, 3.05) is 19.7 Å². The molecule has 168 valence electrons. The van der Waals surface area contributed by atoms with Crippen molar-refractivity contribution < 1.29 is 14.6 Å². The van der Waals surface area contributed by atoms with E-state index in [4.69, 9.17) is 9.84 Å². The summed E-state index contributed by atoms with van der Waals surface area (Å²) in [5.74, 6) is 0.741. The van der Waals surface area contributed by atoms with Gasteiger partial charge in [-0.3, -0.25) is 9.69 Å². The van der Waals surface area contributed by atoms with Crippen molar-refractivity contribution in [1.82, 2.24) is 4.90 Å². The van der Waals surface area contributed by atoms with Crippen LogP contribution in [0.3, 0.4) is 0 Å². The van der Waals surface area contributed by atoms with Crippen LogP contribution in [-0.2, 0) is 17.8 Å². The summed E-state index contributed by atoms with van der Waals surface area (Å²) in [6.45, 7) is 9.49. The lowest BCUT2D eigenvalue weighted by molar-refractivity contribution is -0.147. The number of hydrogen-bond acceptors (Lipinski definition) is 3. The Morgan fingerprint density at radius 1 is 1.06 bits per heavy atom. The van der Waals surface area contributed by atoms with E-state index >= 15 is 0 Å². The highest BCUT2D eigenvalue weighted by molar-refractivity contribution is 5.71. The van der Waals surface area contributed by atoms with Gasteiger partial charge in [0.25, 0.3) is 0 Å². The van der Waals surface area contributed by atoms with Gasteiger partial charge >= 0.3 is 5.97 Å². The minimum atomic E-state index is -0.685. The molecule has 0 amide bonds. The molecule has 0 saturated carbocycles. The Hall–Kier alpha value is -2.33. The van der Waals surface area contributed by atoms with E-state index in [1.807, 2.05) is 12.1 Å². The molecule has 1 aliphatic heterocycles. The summed E-state index contributed by atoms with van der Waals surface area (Å²) >= 11 is 0. The molecule has 31 heavy (non-hydrogen) atoms. The molecule has 0 radical (unpaired) electrons. The van der Waals surface area contributed by atoms with Gasteiger partial charge in [0.2, 0.25) is 0 Å². The predicted molar refractivity (Wildman–Crippen MR) is 126 cm³/mol. The van der Waals surface area contributed by atoms with E-state index in [0.29, 0.717) is 19.0 Å². The molecule has 0 spiro atoms. The average molecular weight is 424 g/mol. The van der Waals surface area contributed by atoms with E-state index in [1.54, 1.807) is 0 Å². The summed E-state index contributed by atoms with van der Waals surface area (Å²) in [6.07, 6.45) is 5.91. The summed E-state index contributed by atoms with van der Waals surface area (Å²) in [4.78, 5) is 13.1. The highest BCUT2D eigenvalue weighted by atomic mass is 16.5. The molecule has 1 aliphatic rings. The fourth-order valence-corrected chi connectivity index (χ4v) is 4.39. The fourth-order valence-electron chi connectivity index (χ4n) is 4.39. The summed E-state index contributed by atoms with van der Waals surface area (Å²) in [7, 11) is 0. The molecule has 4 heteroatoms. The summed E-state index contributed by atoms with van der Waals surface area (Å²) in [6, 6.07) is 15.1. The number of aryl methyl sites for hydroxylation is 2. The molecule has 1 unspecified atom stereocenters. The smallest absolute Gasteiger partial charge is 0.309 e. The van der Waals surface area contributed by atoms with Gasteiger partial charge < -0.3 is 9.84 Å². The van der Waals surface area contributed by atoms with Crippen LogP contribution in [0, 0.1) is 25.7 Å². The van der Waals surface area contributed by atoms with Gasteiger partial charge in [-0.15, -0.1) is 0 Å². The van der Waals surface area contributed by atoms with Crippen LogP contribution in [0.2, 0.25) is 0 Å². The van der Waals surface area contributed by atoms with Gasteiger partial charge in [0.15, 0.2) is 0 Å². The SMILES string of the molecule is CCCC(CCCOc1ccc(CN2CC(C(=O)O)C2)cc1)Cc1ccc(C)c(C)c1. The van der Waals surface area contributed by atoms with Crippen LogP contribution < -0.4 is 4.74 Å². The first-order valence-electron chi connectivity index (χ1n) is 11.7. The van der Waals surface area contributed by atoms with Crippen LogP contribution in [0.4, 0.5) is 0 Å². The Labute approximate surface area is 187 Å². The molecule has 1 heterocycles. The normalized spacial score (nSPS) is 15.5. The molecule has 0 aromatic heterocycles. The molecule has 0 aliphatic carbocycles. The topological polar surface area (TPSA) is 49.8 Å². The van der Waals surface area contributed by atoms with Gasteiger partial charge in [-0.2, -0.15) is 0 Å². The molecule has 1 fully saturated rings. The van der Waals surface area contributed by atoms with Crippen molar-refractivity contribution in [3.05, 3.63) is 64.7 Å². The molecule has 0 bridgehead atoms. The first-order chi connectivity index (χ1) is 14.9. The van der Waals surface area contributed by atoms with Crippen LogP contribution in [0.5, 0.6) is 5.75 Å². The van der Waals surface area contributed by atoms with E-state index in [2.05, 4.69) is 56.0 Å². The maximum atomic E-state index is 10.9. The Balaban J connectivity index is 1.38. The molecule has 1 N–H and O–H groups in total. The maximum Gasteiger partial charge on any atom is 0.309 e. The second-order valence-corrected chi connectivity index (χ2v) is 9.14. The molecule has 4 nitrogen and oxygen atoms in total. The average Bonchev–Trinajstić information content (AvgIpc) is 2.71. The molecule has 1 saturated heterocycles. The molecule has 2 aromatic carbocycles. The number of rotatable bonds is 12. The van der Waals surface area contributed by atoms with Gasteiger partial charge in [-0.05, 0) is 73.4 Å². The Morgan fingerprint density at radius 2 is 1.77 bits per heavy atom. The van der Waals surface area contributed by atoms with Crippen LogP contribution >= 0.6 is 0 Å². The lowest BCUT2D eigenvalue weighted by Crippen LogP contribution is -2.49. The lowest BCUT2D eigenvalue weighted by atomic mass is 9.90. The van der Waals surface area contributed by atoms with E-state index < -0.39 is 5.97 Å². The molecular formula is C27H37NO3. The van der Waals surface area contributed by atoms with Gasteiger partial charge in [0.1, 0.15) is 5.75 Å². The van der Waals surface area contributed by atoms with Crippen molar-refractivity contribution >= 4 is 5.97 Å². The van der Waals surface area contributed by atoms with Gasteiger partial charge in [-0.1, -0.05) is 50.1 Å². The summed E-state index contributed by atoms with van der Waals surface area (Å²) < 4.78 is 5.98. The molecular weight excluding hydrogens is 386 g/mol. The Kier molecular flexibility index (Phi) is 8.53. The predicted octanol–water partition coefficient (Wildman–Crippen LogP) is 5.64. The number of benzene rings is 2. The first-order valence-corrected chi connectivity index (χ1v) is 11.7. The number of likely N-dealkylation sites (tertiary alicyclic amines) is 1. The van der Waals surface area contributed by atoms with Crippen molar-refractivity contribution in [2.24, 2.45) is 11.8 Å². The number of carboxylic acid groups (broad SMARTS) is 1. The molecule has 2 aromatic rings. The number of aliphatic carboxylic acids is 1. The van der Waals surface area contributed by atoms with E-state index in [1.165, 1.54) is 41.5 Å². The lowest BCUT2D eigenvalue weighted by Gasteiger charge is -2.36. The van der Waals surface area contributed by atoms with Crippen LogP contribution in [0.25, 0.3) is 0 Å². The highest BCUT2D eigenvalue weighted by Crippen LogP contribution is 2.23. The monoisotopic (exact) mass is 423 g/mol. The van der Waals surface area contributed by atoms with Gasteiger partial charge in [0.05, 0.1) is 12.5 Å². The van der Waals surface area contributed by atoms with Crippen molar-refractivity contribution in [3.63, 3.8) is 0 Å². The number of carbonyl (C=O) groups is 1. The number of carboxylic acids is 1. The zero-order valence-electron chi connectivity index (χ0n) is 19.3. The molecule has 3 rings (SSSR count). The summed E-state index contributed by atoms with van der Waals surface area (Å²) in [5.41, 5.74) is 5.41. The zero-order valence-corrected chi connectivity index (χ0v) is 19.3. The number of hydrogen-bond donors (Lipinski definition) is 1. The second-order valence-electron chi connectivity index (χ2n) is 9.14. The van der Waals surface area contributed by atoms with Gasteiger partial charge in [0, 0.05) is 19.6 Å². The third-order valence-corrected chi connectivity index (χ3v) is 6.45. The highest BCUT2D eigenvalue weighted by Gasteiger charge is 2.32. The second kappa shape index (κ2) is 11.3. The Morgan fingerprint density at radius 3 is 2.42 bits per heavy atom. The largest absolute Gasteiger partial charge is 0.494 e. The Bertz CT molecular complexity index is 840. The third-order valence-electron chi connectivity index (χ3n) is 6.45. The maximum absolute atomic E-state index is 10.9. The molecule has 1 atom stereocenters.